The van der Waals surface area contributed by atoms with E-state index in [-0.39, 0.29) is 12.5 Å². The van der Waals surface area contributed by atoms with E-state index in [1.54, 1.807) is 0 Å². The van der Waals surface area contributed by atoms with Crippen LogP contribution >= 0.6 is 11.6 Å². The molecule has 0 aromatic carbocycles. The van der Waals surface area contributed by atoms with Crippen molar-refractivity contribution in [1.82, 2.24) is 0 Å². The average molecular weight is 227 g/mol. The Morgan fingerprint density at radius 3 is 2.43 bits per heavy atom. The number of alkyl halides is 3. The van der Waals surface area contributed by atoms with Crippen molar-refractivity contribution in [3.05, 3.63) is 0 Å². The second kappa shape index (κ2) is 4.91. The van der Waals surface area contributed by atoms with E-state index in [9.17, 15) is 13.6 Å². The van der Waals surface area contributed by atoms with E-state index in [0.717, 1.165) is 25.7 Å². The van der Waals surface area contributed by atoms with Gasteiger partial charge < -0.3 is 4.74 Å². The second-order valence-electron chi connectivity index (χ2n) is 3.60. The average Bonchev–Trinajstić information content (AvgIpc) is 2.14. The fraction of sp³-hybridized carbons (Fsp3) is 0.889. The summed E-state index contributed by atoms with van der Waals surface area (Å²) in [6, 6.07) is 0. The summed E-state index contributed by atoms with van der Waals surface area (Å²) >= 11 is 4.49. The summed E-state index contributed by atoms with van der Waals surface area (Å²) in [7, 11) is 0. The topological polar surface area (TPSA) is 26.3 Å². The van der Waals surface area contributed by atoms with E-state index in [1.165, 1.54) is 6.42 Å². The highest BCUT2D eigenvalue weighted by Crippen LogP contribution is 2.25. The van der Waals surface area contributed by atoms with Gasteiger partial charge in [-0.1, -0.05) is 19.3 Å². The van der Waals surface area contributed by atoms with Crippen molar-refractivity contribution in [1.29, 1.82) is 0 Å². The number of hydrogen-bond acceptors (Lipinski definition) is 2. The highest BCUT2D eigenvalue weighted by atomic mass is 35.5. The third-order valence-electron chi connectivity index (χ3n) is 2.41. The molecule has 0 atom stereocenters. The first kappa shape index (κ1) is 11.7. The first-order chi connectivity index (χ1) is 6.50. The Balaban J connectivity index is 2.22. The van der Waals surface area contributed by atoms with E-state index >= 15 is 0 Å². The van der Waals surface area contributed by atoms with Gasteiger partial charge in [-0.2, -0.15) is 8.78 Å². The van der Waals surface area contributed by atoms with Crippen LogP contribution in [-0.2, 0) is 9.53 Å². The maximum atomic E-state index is 12.2. The normalized spacial score (nSPS) is 19.4. The Labute approximate surface area is 86.6 Å². The summed E-state index contributed by atoms with van der Waals surface area (Å²) < 4.78 is 28.7. The first-order valence-electron chi connectivity index (χ1n) is 4.74. The molecule has 0 aliphatic heterocycles. The van der Waals surface area contributed by atoms with Gasteiger partial charge in [-0.3, -0.25) is 0 Å². The lowest BCUT2D eigenvalue weighted by atomic mass is 9.90. The predicted molar refractivity (Wildman–Crippen MR) is 48.3 cm³/mol. The minimum atomic E-state index is -3.88. The summed E-state index contributed by atoms with van der Waals surface area (Å²) in [4.78, 5) is 10.6. The number of carbonyl (C=O) groups excluding carboxylic acids is 1. The fourth-order valence-corrected chi connectivity index (χ4v) is 1.68. The van der Waals surface area contributed by atoms with E-state index in [2.05, 4.69) is 16.3 Å². The van der Waals surface area contributed by atoms with Crippen LogP contribution in [0.3, 0.4) is 0 Å². The maximum absolute atomic E-state index is 12.2. The number of hydrogen-bond donors (Lipinski definition) is 0. The fourth-order valence-electron chi connectivity index (χ4n) is 1.63. The van der Waals surface area contributed by atoms with Gasteiger partial charge in [-0.15, -0.1) is 0 Å². The molecular weight excluding hydrogens is 214 g/mol. The zero-order valence-corrected chi connectivity index (χ0v) is 8.53. The molecule has 1 fully saturated rings. The van der Waals surface area contributed by atoms with Crippen molar-refractivity contribution in [2.24, 2.45) is 5.92 Å². The summed E-state index contributed by atoms with van der Waals surface area (Å²) in [5, 5.41) is -3.88. The quantitative estimate of drug-likeness (QED) is 0.546. The zero-order valence-electron chi connectivity index (χ0n) is 7.77. The van der Waals surface area contributed by atoms with Gasteiger partial charge in [-0.05, 0) is 30.4 Å². The van der Waals surface area contributed by atoms with E-state index in [4.69, 9.17) is 0 Å². The second-order valence-corrected chi connectivity index (χ2v) is 4.07. The molecule has 1 rings (SSSR count). The molecule has 0 aromatic rings. The third-order valence-corrected chi connectivity index (χ3v) is 2.56. The Morgan fingerprint density at radius 2 is 1.93 bits per heavy atom. The Hall–Kier alpha value is -0.380. The summed E-state index contributed by atoms with van der Waals surface area (Å²) in [6.45, 7) is 0.0706. The number of halogens is 3. The van der Waals surface area contributed by atoms with E-state index in [0.29, 0.717) is 0 Å². The molecule has 0 saturated heterocycles. The van der Waals surface area contributed by atoms with Gasteiger partial charge >= 0.3 is 11.4 Å². The van der Waals surface area contributed by atoms with Gasteiger partial charge in [0.1, 0.15) is 0 Å². The Morgan fingerprint density at radius 1 is 1.36 bits per heavy atom. The Kier molecular flexibility index (Phi) is 4.11. The van der Waals surface area contributed by atoms with Crippen molar-refractivity contribution in [3.8, 4) is 0 Å². The maximum Gasteiger partial charge on any atom is 0.417 e. The molecule has 1 aliphatic carbocycles. The number of carbonyl (C=O) groups is 1. The number of rotatable bonds is 3. The SMILES string of the molecule is O=C(OCC1CCCCC1)C(F)(F)Cl. The van der Waals surface area contributed by atoms with Crippen LogP contribution in [0, 0.1) is 5.92 Å². The monoisotopic (exact) mass is 226 g/mol. The molecule has 1 saturated carbocycles. The van der Waals surface area contributed by atoms with Crippen LogP contribution in [0.25, 0.3) is 0 Å². The van der Waals surface area contributed by atoms with E-state index in [1.807, 2.05) is 0 Å². The molecule has 5 heteroatoms. The molecule has 14 heavy (non-hydrogen) atoms. The molecule has 0 amide bonds. The molecular formula is C9H13ClF2O2. The van der Waals surface area contributed by atoms with Crippen LogP contribution in [0.1, 0.15) is 32.1 Å². The predicted octanol–water partition coefficient (Wildman–Crippen LogP) is 2.94. The van der Waals surface area contributed by atoms with Crippen molar-refractivity contribution < 1.29 is 18.3 Å². The van der Waals surface area contributed by atoms with Crippen molar-refractivity contribution in [3.63, 3.8) is 0 Å². The molecule has 2 nitrogen and oxygen atoms in total. The Bertz CT molecular complexity index is 197. The number of esters is 1. The van der Waals surface area contributed by atoms with Gasteiger partial charge in [0.05, 0.1) is 6.61 Å². The molecule has 0 bridgehead atoms. The lowest BCUT2D eigenvalue weighted by Gasteiger charge is -2.21. The van der Waals surface area contributed by atoms with Gasteiger partial charge in [0.25, 0.3) is 0 Å². The third kappa shape index (κ3) is 3.78. The van der Waals surface area contributed by atoms with Crippen molar-refractivity contribution in [2.45, 2.75) is 37.5 Å². The summed E-state index contributed by atoms with van der Waals surface area (Å²) in [6.07, 6.45) is 5.23. The lowest BCUT2D eigenvalue weighted by Crippen LogP contribution is -2.27. The zero-order chi connectivity index (χ0) is 10.6. The first-order valence-corrected chi connectivity index (χ1v) is 5.12. The van der Waals surface area contributed by atoms with Crippen molar-refractivity contribution >= 4 is 17.6 Å². The van der Waals surface area contributed by atoms with Crippen LogP contribution in [0.4, 0.5) is 8.78 Å². The van der Waals surface area contributed by atoms with Crippen LogP contribution in [0.15, 0.2) is 0 Å². The summed E-state index contributed by atoms with van der Waals surface area (Å²) in [5.41, 5.74) is 0. The summed E-state index contributed by atoms with van der Waals surface area (Å²) in [5.74, 6) is -1.41. The van der Waals surface area contributed by atoms with Crippen LogP contribution < -0.4 is 0 Å². The van der Waals surface area contributed by atoms with Crippen LogP contribution in [0.2, 0.25) is 0 Å². The number of ether oxygens (including phenoxy) is 1. The highest BCUT2D eigenvalue weighted by Gasteiger charge is 2.38. The molecule has 0 unspecified atom stereocenters. The minimum absolute atomic E-state index is 0.0706. The largest absolute Gasteiger partial charge is 0.460 e. The molecule has 1 aliphatic rings. The van der Waals surface area contributed by atoms with Gasteiger partial charge in [0.15, 0.2) is 0 Å². The lowest BCUT2D eigenvalue weighted by molar-refractivity contribution is -0.162. The molecule has 0 aromatic heterocycles. The van der Waals surface area contributed by atoms with Gasteiger partial charge in [-0.25, -0.2) is 4.79 Å². The van der Waals surface area contributed by atoms with Crippen LogP contribution in [0.5, 0.6) is 0 Å². The molecule has 0 heterocycles. The van der Waals surface area contributed by atoms with Gasteiger partial charge in [0.2, 0.25) is 0 Å². The van der Waals surface area contributed by atoms with E-state index < -0.39 is 11.4 Å². The van der Waals surface area contributed by atoms with Crippen molar-refractivity contribution in [2.75, 3.05) is 6.61 Å². The molecule has 0 spiro atoms. The minimum Gasteiger partial charge on any atom is -0.460 e. The molecule has 0 N–H and O–H groups in total. The van der Waals surface area contributed by atoms with Gasteiger partial charge in [0, 0.05) is 0 Å². The smallest absolute Gasteiger partial charge is 0.417 e. The van der Waals surface area contributed by atoms with Crippen LogP contribution in [-0.4, -0.2) is 18.0 Å². The standard InChI is InChI=1S/C9H13ClF2O2/c10-9(11,12)8(13)14-6-7-4-2-1-3-5-7/h7H,1-6H2. The highest BCUT2D eigenvalue weighted by molar-refractivity contribution is 6.31. The molecule has 82 valence electrons. The molecule has 0 radical (unpaired) electrons.